The first kappa shape index (κ1) is 33.6. The maximum absolute atomic E-state index is 13.2. The van der Waals surface area contributed by atoms with Crippen LogP contribution in [0.15, 0.2) is 18.2 Å². The highest BCUT2D eigenvalue weighted by Crippen LogP contribution is 2.58. The Labute approximate surface area is 248 Å². The van der Waals surface area contributed by atoms with Crippen molar-refractivity contribution in [1.82, 2.24) is 5.32 Å². The Morgan fingerprint density at radius 2 is 1.83 bits per heavy atom. The zero-order valence-electron chi connectivity index (χ0n) is 26.3. The van der Waals surface area contributed by atoms with E-state index in [0.29, 0.717) is 49.1 Å². The maximum Gasteiger partial charge on any atom is 0.223 e. The van der Waals surface area contributed by atoms with Gasteiger partial charge in [-0.15, -0.1) is 0 Å². The Kier molecular flexibility index (Phi) is 13.2. The number of aliphatic hydroxyl groups excluding tert-OH is 1. The maximum atomic E-state index is 13.2. The van der Waals surface area contributed by atoms with Gasteiger partial charge < -0.3 is 35.1 Å². The minimum atomic E-state index is -0.743. The molecule has 1 spiro atoms. The number of hydrogen-bond donors (Lipinski definition) is 3. The summed E-state index contributed by atoms with van der Waals surface area (Å²) in [7, 11) is 3.33. The van der Waals surface area contributed by atoms with Gasteiger partial charge in [-0.05, 0) is 85.3 Å². The summed E-state index contributed by atoms with van der Waals surface area (Å²) in [6.07, 6.45) is 5.32. The van der Waals surface area contributed by atoms with Crippen molar-refractivity contribution in [3.05, 3.63) is 23.8 Å². The molecule has 234 valence electrons. The monoisotopic (exact) mass is 576 g/mol. The van der Waals surface area contributed by atoms with Gasteiger partial charge in [-0.25, -0.2) is 0 Å². The third kappa shape index (κ3) is 9.84. The molecule has 4 unspecified atom stereocenters. The number of aliphatic hydroxyl groups is 1. The van der Waals surface area contributed by atoms with Crippen molar-refractivity contribution in [3.8, 4) is 11.5 Å². The molecule has 1 saturated heterocycles. The van der Waals surface area contributed by atoms with Gasteiger partial charge in [0.1, 0.15) is 0 Å². The zero-order chi connectivity index (χ0) is 30.0. The van der Waals surface area contributed by atoms with Crippen LogP contribution < -0.4 is 20.5 Å². The molecule has 1 aromatic rings. The number of nitrogens with two attached hydrogens (primary N) is 1. The number of carbonyl (C=O) groups is 1. The van der Waals surface area contributed by atoms with E-state index >= 15 is 0 Å². The molecule has 1 amide bonds. The highest BCUT2D eigenvalue weighted by Gasteiger charge is 2.53. The van der Waals surface area contributed by atoms with E-state index in [1.165, 1.54) is 6.42 Å². The van der Waals surface area contributed by atoms with Gasteiger partial charge in [-0.2, -0.15) is 0 Å². The second-order valence-corrected chi connectivity index (χ2v) is 13.1. The number of nitrogens with one attached hydrogen (secondary N) is 1. The number of amides is 1. The molecule has 1 aromatic carbocycles. The molecule has 8 nitrogen and oxygen atoms in total. The molecule has 1 aliphatic heterocycles. The largest absolute Gasteiger partial charge is 0.493 e. The molecule has 1 saturated carbocycles. The fourth-order valence-electron chi connectivity index (χ4n) is 6.33. The van der Waals surface area contributed by atoms with Crippen LogP contribution in [0, 0.1) is 35.0 Å². The highest BCUT2D eigenvalue weighted by atomic mass is 16.5. The fraction of sp³-hybridized carbons (Fsp3) is 0.788. The van der Waals surface area contributed by atoms with E-state index in [0.717, 1.165) is 56.8 Å². The predicted molar refractivity (Wildman–Crippen MR) is 162 cm³/mol. The molecule has 4 N–H and O–H groups in total. The van der Waals surface area contributed by atoms with Gasteiger partial charge in [-0.1, -0.05) is 33.8 Å². The third-order valence-electron chi connectivity index (χ3n) is 9.50. The minimum absolute atomic E-state index is 0.0389. The van der Waals surface area contributed by atoms with Crippen LogP contribution in [0.2, 0.25) is 0 Å². The SMILES string of the molecule is COCCCOc1cc(CC(CC(N)C(O)CC(C(=O)NC[C@@H]2CC23CCOCC3)C(C)C)C(C)C)ccc1OC. The van der Waals surface area contributed by atoms with Gasteiger partial charge in [0.2, 0.25) is 5.91 Å². The average molecular weight is 577 g/mol. The molecule has 0 radical (unpaired) electrons. The summed E-state index contributed by atoms with van der Waals surface area (Å²) in [5.41, 5.74) is 8.13. The number of methoxy groups -OCH3 is 2. The van der Waals surface area contributed by atoms with Crippen LogP contribution in [-0.4, -0.2) is 70.4 Å². The van der Waals surface area contributed by atoms with E-state index in [9.17, 15) is 9.90 Å². The normalized spacial score (nSPS) is 21.0. The number of carbonyl (C=O) groups excluding carboxylic acids is 1. The number of benzene rings is 1. The molecule has 0 aromatic heterocycles. The quantitative estimate of drug-likeness (QED) is 0.219. The van der Waals surface area contributed by atoms with Crippen LogP contribution in [-0.2, 0) is 20.7 Å². The lowest BCUT2D eigenvalue weighted by Gasteiger charge is -2.30. The van der Waals surface area contributed by atoms with Crippen molar-refractivity contribution in [2.45, 2.75) is 84.8 Å². The van der Waals surface area contributed by atoms with Gasteiger partial charge in [0.15, 0.2) is 11.5 Å². The summed E-state index contributed by atoms with van der Waals surface area (Å²) >= 11 is 0. The van der Waals surface area contributed by atoms with Crippen molar-refractivity contribution in [1.29, 1.82) is 0 Å². The zero-order valence-corrected chi connectivity index (χ0v) is 26.3. The van der Waals surface area contributed by atoms with Gasteiger partial charge in [0.25, 0.3) is 0 Å². The van der Waals surface area contributed by atoms with Crippen LogP contribution in [0.3, 0.4) is 0 Å². The number of ether oxygens (including phenoxy) is 4. The highest BCUT2D eigenvalue weighted by molar-refractivity contribution is 5.79. The van der Waals surface area contributed by atoms with E-state index < -0.39 is 12.1 Å². The summed E-state index contributed by atoms with van der Waals surface area (Å²) < 4.78 is 22.1. The first-order valence-electron chi connectivity index (χ1n) is 15.7. The molecule has 3 rings (SSSR count). The molecule has 5 atom stereocenters. The van der Waals surface area contributed by atoms with Crippen molar-refractivity contribution < 1.29 is 28.8 Å². The molecule has 1 heterocycles. The Hall–Kier alpha value is -1.87. The van der Waals surface area contributed by atoms with Crippen LogP contribution in [0.5, 0.6) is 11.5 Å². The summed E-state index contributed by atoms with van der Waals surface area (Å²) in [6, 6.07) is 5.66. The molecule has 2 fully saturated rings. The molecule has 2 aliphatic rings. The number of rotatable bonds is 18. The Bertz CT molecular complexity index is 932. The second-order valence-electron chi connectivity index (χ2n) is 13.1. The molecular formula is C33H56N2O6. The van der Waals surface area contributed by atoms with Crippen molar-refractivity contribution >= 4 is 5.91 Å². The van der Waals surface area contributed by atoms with Crippen LogP contribution in [0.1, 0.15) is 71.8 Å². The van der Waals surface area contributed by atoms with E-state index in [1.54, 1.807) is 14.2 Å². The topological polar surface area (TPSA) is 112 Å². The van der Waals surface area contributed by atoms with Crippen molar-refractivity contribution in [2.24, 2.45) is 40.7 Å². The predicted octanol–water partition coefficient (Wildman–Crippen LogP) is 4.60. The summed E-state index contributed by atoms with van der Waals surface area (Å²) in [5, 5.41) is 14.4. The van der Waals surface area contributed by atoms with Crippen molar-refractivity contribution in [2.75, 3.05) is 47.2 Å². The lowest BCUT2D eigenvalue weighted by atomic mass is 9.80. The first-order valence-corrected chi connectivity index (χ1v) is 15.7. The van der Waals surface area contributed by atoms with E-state index in [4.69, 9.17) is 24.7 Å². The summed E-state index contributed by atoms with van der Waals surface area (Å²) in [6.45, 7) is 12.1. The summed E-state index contributed by atoms with van der Waals surface area (Å²) in [4.78, 5) is 13.2. The fourth-order valence-corrected chi connectivity index (χ4v) is 6.33. The van der Waals surface area contributed by atoms with E-state index in [2.05, 4.69) is 39.1 Å². The lowest BCUT2D eigenvalue weighted by molar-refractivity contribution is -0.127. The number of hydrogen-bond acceptors (Lipinski definition) is 7. The average Bonchev–Trinajstić information content (AvgIpc) is 3.62. The molecule has 0 bridgehead atoms. The first-order chi connectivity index (χ1) is 19.6. The van der Waals surface area contributed by atoms with Crippen LogP contribution in [0.25, 0.3) is 0 Å². The lowest BCUT2D eigenvalue weighted by Crippen LogP contribution is -2.43. The molecular weight excluding hydrogens is 520 g/mol. The second kappa shape index (κ2) is 16.1. The molecule has 8 heteroatoms. The Morgan fingerprint density at radius 1 is 1.10 bits per heavy atom. The summed E-state index contributed by atoms with van der Waals surface area (Å²) in [5.74, 6) is 2.53. The molecule has 1 aliphatic carbocycles. The Balaban J connectivity index is 1.54. The van der Waals surface area contributed by atoms with Gasteiger partial charge in [-0.3, -0.25) is 4.79 Å². The van der Waals surface area contributed by atoms with E-state index in [1.807, 2.05) is 12.1 Å². The minimum Gasteiger partial charge on any atom is -0.493 e. The standard InChI is InChI=1S/C33H56N2O6/c1-22(2)25(16-24-8-9-30(39-6)31(17-24)41-13-7-12-38-5)18-28(34)29(36)19-27(23(3)4)32(37)35-21-26-20-33(26)10-14-40-15-11-33/h8-9,17,22-23,25-29,36H,7,10-16,18-21,34H2,1-6H3,(H,35,37)/t25?,26-,27?,28?,29?/m0/s1. The Morgan fingerprint density at radius 3 is 2.46 bits per heavy atom. The smallest absolute Gasteiger partial charge is 0.223 e. The molecule has 41 heavy (non-hydrogen) atoms. The van der Waals surface area contributed by atoms with Crippen molar-refractivity contribution in [3.63, 3.8) is 0 Å². The van der Waals surface area contributed by atoms with Crippen LogP contribution >= 0.6 is 0 Å². The third-order valence-corrected chi connectivity index (χ3v) is 9.50. The van der Waals surface area contributed by atoms with Gasteiger partial charge >= 0.3 is 0 Å². The van der Waals surface area contributed by atoms with E-state index in [-0.39, 0.29) is 23.7 Å². The van der Waals surface area contributed by atoms with Gasteiger partial charge in [0, 0.05) is 51.9 Å². The van der Waals surface area contributed by atoms with Crippen LogP contribution in [0.4, 0.5) is 0 Å². The van der Waals surface area contributed by atoms with Gasteiger partial charge in [0.05, 0.1) is 19.8 Å².